The highest BCUT2D eigenvalue weighted by Gasteiger charge is 2.19. The van der Waals surface area contributed by atoms with Crippen LogP contribution in [0.4, 0.5) is 0 Å². The molecule has 5 nitrogen and oxygen atoms in total. The molecule has 2 heterocycles. The fourth-order valence-electron chi connectivity index (χ4n) is 2.21. The van der Waals surface area contributed by atoms with Crippen LogP contribution < -0.4 is 0 Å². The van der Waals surface area contributed by atoms with Crippen molar-refractivity contribution in [2.24, 2.45) is 0 Å². The van der Waals surface area contributed by atoms with Crippen LogP contribution in [0.5, 0.6) is 0 Å². The summed E-state index contributed by atoms with van der Waals surface area (Å²) in [4.78, 5) is 8.77. The Morgan fingerprint density at radius 2 is 2.21 bits per heavy atom. The number of aryl methyl sites for hydroxylation is 1. The molecule has 0 bridgehead atoms. The molecule has 0 fully saturated rings. The maximum atomic E-state index is 11.5. The summed E-state index contributed by atoms with van der Waals surface area (Å²) in [6.45, 7) is 1.86. The number of pyridine rings is 1. The molecule has 2 aromatic rings. The summed E-state index contributed by atoms with van der Waals surface area (Å²) >= 11 is 5.78. The first-order chi connectivity index (χ1) is 8.92. The van der Waals surface area contributed by atoms with Crippen LogP contribution in [0.25, 0.3) is 11.2 Å². The average Bonchev–Trinajstić information content (AvgIpc) is 2.65. The topological polar surface area (TPSA) is 64.8 Å². The van der Waals surface area contributed by atoms with E-state index in [2.05, 4.69) is 9.97 Å². The molecule has 0 spiro atoms. The van der Waals surface area contributed by atoms with Crippen LogP contribution in [-0.4, -0.2) is 40.8 Å². The Morgan fingerprint density at radius 1 is 1.47 bits per heavy atom. The minimum Gasteiger partial charge on any atom is -0.309 e. The third-order valence-corrected chi connectivity index (χ3v) is 4.10. The van der Waals surface area contributed by atoms with E-state index >= 15 is 0 Å². The van der Waals surface area contributed by atoms with Crippen LogP contribution in [0.2, 0.25) is 0 Å². The third kappa shape index (κ3) is 3.25. The normalized spacial score (nSPS) is 13.8. The van der Waals surface area contributed by atoms with Crippen molar-refractivity contribution in [3.05, 3.63) is 24.2 Å². The summed E-state index contributed by atoms with van der Waals surface area (Å²) in [6.07, 6.45) is 3.50. The van der Waals surface area contributed by atoms with E-state index in [1.165, 1.54) is 6.26 Å². The standard InChI is InChI=1S/C12H16ClN3O2S/c1-9(8-19(2,17)18)16-11(5-6-13)15-10-4-3-7-14-12(10)16/h3-4,7,9H,5-6,8H2,1-2H3. The Labute approximate surface area is 117 Å². The molecule has 0 saturated carbocycles. The first-order valence-corrected chi connectivity index (χ1v) is 8.57. The van der Waals surface area contributed by atoms with Gasteiger partial charge in [-0.3, -0.25) is 0 Å². The molecule has 0 aromatic carbocycles. The maximum absolute atomic E-state index is 11.5. The van der Waals surface area contributed by atoms with Gasteiger partial charge in [0.2, 0.25) is 0 Å². The van der Waals surface area contributed by atoms with Gasteiger partial charge in [0.1, 0.15) is 21.2 Å². The van der Waals surface area contributed by atoms with Crippen molar-refractivity contribution < 1.29 is 8.42 Å². The monoisotopic (exact) mass is 301 g/mol. The quantitative estimate of drug-likeness (QED) is 0.790. The lowest BCUT2D eigenvalue weighted by Gasteiger charge is -2.15. The molecule has 0 aliphatic carbocycles. The van der Waals surface area contributed by atoms with Gasteiger partial charge in [-0.15, -0.1) is 11.6 Å². The van der Waals surface area contributed by atoms with Crippen LogP contribution >= 0.6 is 11.6 Å². The van der Waals surface area contributed by atoms with Gasteiger partial charge in [0.25, 0.3) is 0 Å². The SMILES string of the molecule is CC(CS(C)(=O)=O)n1c(CCCl)nc2cccnc21. The second-order valence-corrected chi connectivity index (χ2v) is 7.19. The Morgan fingerprint density at radius 3 is 2.84 bits per heavy atom. The van der Waals surface area contributed by atoms with Crippen LogP contribution in [-0.2, 0) is 16.3 Å². The molecule has 104 valence electrons. The van der Waals surface area contributed by atoms with Crippen molar-refractivity contribution in [2.45, 2.75) is 19.4 Å². The molecule has 0 N–H and O–H groups in total. The number of nitrogens with zero attached hydrogens (tertiary/aromatic N) is 3. The predicted octanol–water partition coefficient (Wildman–Crippen LogP) is 1.82. The van der Waals surface area contributed by atoms with Crippen molar-refractivity contribution in [3.63, 3.8) is 0 Å². The number of rotatable bonds is 5. The summed E-state index contributed by atoms with van der Waals surface area (Å²) in [5, 5.41) is 0. The molecule has 0 radical (unpaired) electrons. The van der Waals surface area contributed by atoms with Crippen LogP contribution in [0, 0.1) is 0 Å². The average molecular weight is 302 g/mol. The second kappa shape index (κ2) is 5.46. The molecule has 1 atom stereocenters. The van der Waals surface area contributed by atoms with E-state index in [9.17, 15) is 8.42 Å². The predicted molar refractivity (Wildman–Crippen MR) is 76.4 cm³/mol. The maximum Gasteiger partial charge on any atom is 0.160 e. The van der Waals surface area contributed by atoms with Crippen LogP contribution in [0.15, 0.2) is 18.3 Å². The highest BCUT2D eigenvalue weighted by Crippen LogP contribution is 2.21. The smallest absolute Gasteiger partial charge is 0.160 e. The van der Waals surface area contributed by atoms with Gasteiger partial charge in [-0.05, 0) is 19.1 Å². The van der Waals surface area contributed by atoms with E-state index < -0.39 is 9.84 Å². The highest BCUT2D eigenvalue weighted by atomic mass is 35.5. The summed E-state index contributed by atoms with van der Waals surface area (Å²) in [5.74, 6) is 1.28. The van der Waals surface area contributed by atoms with Gasteiger partial charge in [-0.1, -0.05) is 0 Å². The summed E-state index contributed by atoms with van der Waals surface area (Å²) in [6, 6.07) is 3.46. The second-order valence-electron chi connectivity index (χ2n) is 4.62. The van der Waals surface area contributed by atoms with E-state index in [1.54, 1.807) is 6.20 Å². The number of fused-ring (bicyclic) bond motifs is 1. The lowest BCUT2D eigenvalue weighted by Crippen LogP contribution is -2.19. The molecule has 7 heteroatoms. The Hall–Kier alpha value is -1.14. The van der Waals surface area contributed by atoms with Crippen LogP contribution in [0.1, 0.15) is 18.8 Å². The van der Waals surface area contributed by atoms with Gasteiger partial charge in [-0.2, -0.15) is 0 Å². The number of imidazole rings is 1. The zero-order valence-corrected chi connectivity index (χ0v) is 12.4. The Bertz CT molecular complexity index is 681. The summed E-state index contributed by atoms with van der Waals surface area (Å²) < 4.78 is 24.8. The Balaban J connectivity index is 2.52. The van der Waals surface area contributed by atoms with Crippen molar-refractivity contribution in [2.75, 3.05) is 17.9 Å². The number of hydrogen-bond donors (Lipinski definition) is 0. The molecular formula is C12H16ClN3O2S. The van der Waals surface area contributed by atoms with Gasteiger partial charge in [0.15, 0.2) is 5.65 Å². The fraction of sp³-hybridized carbons (Fsp3) is 0.500. The molecular weight excluding hydrogens is 286 g/mol. The van der Waals surface area contributed by atoms with Gasteiger partial charge in [0, 0.05) is 30.8 Å². The van der Waals surface area contributed by atoms with Gasteiger partial charge >= 0.3 is 0 Å². The third-order valence-electron chi connectivity index (χ3n) is 2.82. The molecule has 0 saturated heterocycles. The number of aromatic nitrogens is 3. The number of alkyl halides is 1. The largest absolute Gasteiger partial charge is 0.309 e. The molecule has 2 rings (SSSR count). The zero-order valence-electron chi connectivity index (χ0n) is 10.9. The molecule has 0 amide bonds. The first-order valence-electron chi connectivity index (χ1n) is 5.98. The molecule has 1 unspecified atom stereocenters. The minimum absolute atomic E-state index is 0.0598. The van der Waals surface area contributed by atoms with Crippen molar-refractivity contribution in [1.82, 2.24) is 14.5 Å². The lowest BCUT2D eigenvalue weighted by atomic mass is 10.3. The van der Waals surface area contributed by atoms with E-state index in [1.807, 2.05) is 23.6 Å². The Kier molecular flexibility index (Phi) is 4.10. The highest BCUT2D eigenvalue weighted by molar-refractivity contribution is 7.90. The molecule has 0 aliphatic heterocycles. The fourth-order valence-corrected chi connectivity index (χ4v) is 3.41. The van der Waals surface area contributed by atoms with Crippen molar-refractivity contribution in [1.29, 1.82) is 0 Å². The molecule has 19 heavy (non-hydrogen) atoms. The zero-order chi connectivity index (χ0) is 14.0. The summed E-state index contributed by atoms with van der Waals surface area (Å²) in [7, 11) is -3.06. The van der Waals surface area contributed by atoms with E-state index in [-0.39, 0.29) is 11.8 Å². The number of hydrogen-bond acceptors (Lipinski definition) is 4. The summed E-state index contributed by atoms with van der Waals surface area (Å²) in [5.41, 5.74) is 1.47. The number of halogens is 1. The molecule has 2 aromatic heterocycles. The number of sulfone groups is 1. The first kappa shape index (κ1) is 14.3. The van der Waals surface area contributed by atoms with Crippen molar-refractivity contribution >= 4 is 32.6 Å². The van der Waals surface area contributed by atoms with Gasteiger partial charge in [0.05, 0.1) is 5.75 Å². The lowest BCUT2D eigenvalue weighted by molar-refractivity contribution is 0.555. The molecule has 0 aliphatic rings. The van der Waals surface area contributed by atoms with E-state index in [4.69, 9.17) is 11.6 Å². The van der Waals surface area contributed by atoms with E-state index in [0.717, 1.165) is 11.3 Å². The van der Waals surface area contributed by atoms with Crippen LogP contribution in [0.3, 0.4) is 0 Å². The van der Waals surface area contributed by atoms with Crippen molar-refractivity contribution in [3.8, 4) is 0 Å². The van der Waals surface area contributed by atoms with Gasteiger partial charge in [-0.25, -0.2) is 18.4 Å². The van der Waals surface area contributed by atoms with Gasteiger partial charge < -0.3 is 4.57 Å². The van der Waals surface area contributed by atoms with E-state index in [0.29, 0.717) is 17.9 Å². The minimum atomic E-state index is -3.06.